The van der Waals surface area contributed by atoms with Crippen LogP contribution in [0.2, 0.25) is 10.0 Å². The lowest BCUT2D eigenvalue weighted by atomic mass is 9.98. The Hall–Kier alpha value is -0.770. The Morgan fingerprint density at radius 3 is 2.81 bits per heavy atom. The Morgan fingerprint density at radius 2 is 2.05 bits per heavy atom. The molecule has 0 spiro atoms. The largest absolute Gasteiger partial charge is 0.356 e. The van der Waals surface area contributed by atoms with Crippen molar-refractivity contribution in [1.29, 1.82) is 0 Å². The minimum absolute atomic E-state index is 0.0580. The summed E-state index contributed by atoms with van der Waals surface area (Å²) in [5.41, 5.74) is 1.01. The molecule has 0 bridgehead atoms. The van der Waals surface area contributed by atoms with Gasteiger partial charge in [-0.25, -0.2) is 0 Å². The maximum absolute atomic E-state index is 12.2. The zero-order valence-electron chi connectivity index (χ0n) is 11.9. The highest BCUT2D eigenvalue weighted by Crippen LogP contribution is 2.50. The molecule has 1 aromatic carbocycles. The topological polar surface area (TPSA) is 41.1 Å². The number of amides is 1. The van der Waals surface area contributed by atoms with Gasteiger partial charge in [-0.1, -0.05) is 35.3 Å². The molecule has 2 unspecified atom stereocenters. The second-order valence-electron chi connectivity index (χ2n) is 6.03. The molecule has 0 aromatic heterocycles. The summed E-state index contributed by atoms with van der Waals surface area (Å²) in [6.45, 7) is 2.92. The van der Waals surface area contributed by atoms with E-state index in [0.717, 1.165) is 44.5 Å². The van der Waals surface area contributed by atoms with Crippen LogP contribution in [-0.2, 0) is 4.79 Å². The minimum atomic E-state index is 0.0580. The van der Waals surface area contributed by atoms with Crippen molar-refractivity contribution in [3.05, 3.63) is 33.8 Å². The first-order chi connectivity index (χ1) is 10.2. The van der Waals surface area contributed by atoms with Gasteiger partial charge in [-0.2, -0.15) is 0 Å². The van der Waals surface area contributed by atoms with Crippen LogP contribution in [0.5, 0.6) is 0 Å². The summed E-state index contributed by atoms with van der Waals surface area (Å²) in [6.07, 6.45) is 3.17. The number of piperidine rings is 1. The number of carbonyl (C=O) groups is 1. The Morgan fingerprint density at radius 1 is 1.29 bits per heavy atom. The van der Waals surface area contributed by atoms with Crippen molar-refractivity contribution in [3.8, 4) is 0 Å². The van der Waals surface area contributed by atoms with Gasteiger partial charge in [0.25, 0.3) is 0 Å². The molecule has 1 aliphatic heterocycles. The number of benzene rings is 1. The van der Waals surface area contributed by atoms with E-state index in [2.05, 4.69) is 10.6 Å². The fraction of sp³-hybridized carbons (Fsp3) is 0.562. The van der Waals surface area contributed by atoms with Crippen molar-refractivity contribution in [2.24, 2.45) is 11.8 Å². The van der Waals surface area contributed by atoms with E-state index in [-0.39, 0.29) is 17.7 Å². The molecule has 0 radical (unpaired) electrons. The molecule has 21 heavy (non-hydrogen) atoms. The van der Waals surface area contributed by atoms with Gasteiger partial charge in [0.15, 0.2) is 0 Å². The summed E-state index contributed by atoms with van der Waals surface area (Å²) in [5, 5.41) is 7.60. The normalized spacial score (nSPS) is 25.6. The summed E-state index contributed by atoms with van der Waals surface area (Å²) in [6, 6.07) is 5.65. The van der Waals surface area contributed by atoms with Crippen LogP contribution in [0.4, 0.5) is 0 Å². The smallest absolute Gasteiger partial charge is 0.223 e. The van der Waals surface area contributed by atoms with E-state index < -0.39 is 0 Å². The quantitative estimate of drug-likeness (QED) is 0.892. The molecule has 2 N–H and O–H groups in total. The molecule has 3 rings (SSSR count). The van der Waals surface area contributed by atoms with Gasteiger partial charge in [0.2, 0.25) is 5.91 Å². The molecule has 2 atom stereocenters. The molecule has 1 saturated heterocycles. The van der Waals surface area contributed by atoms with Gasteiger partial charge in [-0.3, -0.25) is 4.79 Å². The van der Waals surface area contributed by atoms with E-state index in [1.807, 2.05) is 12.1 Å². The first kappa shape index (κ1) is 15.1. The molecule has 2 aliphatic rings. The van der Waals surface area contributed by atoms with Crippen LogP contribution in [0, 0.1) is 11.8 Å². The van der Waals surface area contributed by atoms with Gasteiger partial charge in [-0.05, 0) is 55.8 Å². The fourth-order valence-corrected chi connectivity index (χ4v) is 3.55. The van der Waals surface area contributed by atoms with Gasteiger partial charge in [0.1, 0.15) is 0 Å². The average Bonchev–Trinajstić information content (AvgIpc) is 3.29. The van der Waals surface area contributed by atoms with Gasteiger partial charge in [0, 0.05) is 12.5 Å². The number of carbonyl (C=O) groups excluding carboxylic acids is 1. The first-order valence-corrected chi connectivity index (χ1v) is 8.34. The van der Waals surface area contributed by atoms with Crippen molar-refractivity contribution in [1.82, 2.24) is 10.6 Å². The highest BCUT2D eigenvalue weighted by molar-refractivity contribution is 6.42. The number of hydrogen-bond acceptors (Lipinski definition) is 2. The SMILES string of the molecule is O=C(NCC1CCNCC1)C1CC1c1cccc(Cl)c1Cl. The van der Waals surface area contributed by atoms with Gasteiger partial charge < -0.3 is 10.6 Å². The van der Waals surface area contributed by atoms with Crippen LogP contribution in [0.3, 0.4) is 0 Å². The molecule has 5 heteroatoms. The zero-order chi connectivity index (χ0) is 14.8. The third-order valence-electron chi connectivity index (χ3n) is 4.53. The molecule has 114 valence electrons. The third kappa shape index (κ3) is 3.53. The molecular weight excluding hydrogens is 307 g/mol. The van der Waals surface area contributed by atoms with E-state index in [1.54, 1.807) is 6.07 Å². The second-order valence-corrected chi connectivity index (χ2v) is 6.82. The molecular formula is C16H20Cl2N2O. The predicted octanol–water partition coefficient (Wildman–Crippen LogP) is 3.21. The number of nitrogens with one attached hydrogen (secondary N) is 2. The van der Waals surface area contributed by atoms with Crippen LogP contribution in [0.15, 0.2) is 18.2 Å². The average molecular weight is 327 g/mol. The monoisotopic (exact) mass is 326 g/mol. The lowest BCUT2D eigenvalue weighted by Gasteiger charge is -2.22. The van der Waals surface area contributed by atoms with Crippen molar-refractivity contribution in [2.45, 2.75) is 25.2 Å². The third-order valence-corrected chi connectivity index (χ3v) is 5.37. The Balaban J connectivity index is 1.52. The Kier molecular flexibility index (Phi) is 4.72. The van der Waals surface area contributed by atoms with E-state index in [9.17, 15) is 4.79 Å². The van der Waals surface area contributed by atoms with Gasteiger partial charge >= 0.3 is 0 Å². The van der Waals surface area contributed by atoms with Crippen LogP contribution in [0.25, 0.3) is 0 Å². The lowest BCUT2D eigenvalue weighted by molar-refractivity contribution is -0.122. The second kappa shape index (κ2) is 6.55. The highest BCUT2D eigenvalue weighted by atomic mass is 35.5. The maximum Gasteiger partial charge on any atom is 0.223 e. The summed E-state index contributed by atoms with van der Waals surface area (Å²) < 4.78 is 0. The minimum Gasteiger partial charge on any atom is -0.356 e. The van der Waals surface area contributed by atoms with Crippen molar-refractivity contribution in [2.75, 3.05) is 19.6 Å². The van der Waals surface area contributed by atoms with Crippen LogP contribution in [0.1, 0.15) is 30.7 Å². The summed E-state index contributed by atoms with van der Waals surface area (Å²) in [4.78, 5) is 12.2. The molecule has 3 nitrogen and oxygen atoms in total. The van der Waals surface area contributed by atoms with Crippen LogP contribution in [-0.4, -0.2) is 25.5 Å². The fourth-order valence-electron chi connectivity index (χ4n) is 3.10. The molecule has 1 aliphatic carbocycles. The molecule has 2 fully saturated rings. The number of hydrogen-bond donors (Lipinski definition) is 2. The van der Waals surface area contributed by atoms with E-state index in [0.29, 0.717) is 16.0 Å². The molecule has 1 amide bonds. The van der Waals surface area contributed by atoms with Crippen LogP contribution < -0.4 is 10.6 Å². The van der Waals surface area contributed by atoms with E-state index in [4.69, 9.17) is 23.2 Å². The first-order valence-electron chi connectivity index (χ1n) is 7.59. The zero-order valence-corrected chi connectivity index (χ0v) is 13.4. The van der Waals surface area contributed by atoms with Crippen molar-refractivity contribution >= 4 is 29.1 Å². The highest BCUT2D eigenvalue weighted by Gasteiger charge is 2.45. The van der Waals surface area contributed by atoms with E-state index >= 15 is 0 Å². The predicted molar refractivity (Wildman–Crippen MR) is 85.9 cm³/mol. The number of rotatable bonds is 4. The Labute approximate surface area is 135 Å². The summed E-state index contributed by atoms with van der Waals surface area (Å²) in [5.74, 6) is 1.06. The Bertz CT molecular complexity index is 529. The molecule has 1 aromatic rings. The lowest BCUT2D eigenvalue weighted by Crippen LogP contribution is -2.36. The van der Waals surface area contributed by atoms with Crippen molar-refractivity contribution < 1.29 is 4.79 Å². The van der Waals surface area contributed by atoms with Gasteiger partial charge in [0.05, 0.1) is 10.0 Å². The number of halogens is 2. The molecule has 1 heterocycles. The molecule has 1 saturated carbocycles. The summed E-state index contributed by atoms with van der Waals surface area (Å²) in [7, 11) is 0. The van der Waals surface area contributed by atoms with E-state index in [1.165, 1.54) is 0 Å². The van der Waals surface area contributed by atoms with Gasteiger partial charge in [-0.15, -0.1) is 0 Å². The maximum atomic E-state index is 12.2. The standard InChI is InChI=1S/C16H20Cl2N2O/c17-14-3-1-2-11(15(14)18)12-8-13(12)16(21)20-9-10-4-6-19-7-5-10/h1-3,10,12-13,19H,4-9H2,(H,20,21). The van der Waals surface area contributed by atoms with Crippen LogP contribution >= 0.6 is 23.2 Å². The van der Waals surface area contributed by atoms with Crippen molar-refractivity contribution in [3.63, 3.8) is 0 Å². The summed E-state index contributed by atoms with van der Waals surface area (Å²) >= 11 is 12.3.